The van der Waals surface area contributed by atoms with Crippen molar-refractivity contribution in [1.29, 1.82) is 0 Å². The Balaban J connectivity index is 1.50. The zero-order valence-corrected chi connectivity index (χ0v) is 21.2. The van der Waals surface area contributed by atoms with Crippen molar-refractivity contribution in [3.63, 3.8) is 0 Å². The molecular formula is C30H35N3O4. The van der Waals surface area contributed by atoms with E-state index in [9.17, 15) is 15.0 Å². The Kier molecular flexibility index (Phi) is 7.63. The van der Waals surface area contributed by atoms with Gasteiger partial charge < -0.3 is 19.8 Å². The van der Waals surface area contributed by atoms with Crippen molar-refractivity contribution in [2.45, 2.75) is 44.5 Å². The van der Waals surface area contributed by atoms with E-state index < -0.39 is 12.1 Å². The lowest BCUT2D eigenvalue weighted by Crippen LogP contribution is -2.52. The molecule has 1 saturated heterocycles. The average Bonchev–Trinajstić information content (AvgIpc) is 3.75. The maximum absolute atomic E-state index is 14.3. The summed E-state index contributed by atoms with van der Waals surface area (Å²) in [5, 5.41) is 25.6. The number of hydrazine groups is 1. The maximum atomic E-state index is 14.3. The van der Waals surface area contributed by atoms with Gasteiger partial charge in [-0.2, -0.15) is 0 Å². The monoisotopic (exact) mass is 501 g/mol. The molecule has 37 heavy (non-hydrogen) atoms. The molecule has 194 valence electrons. The van der Waals surface area contributed by atoms with E-state index in [1.165, 1.54) is 7.11 Å². The molecule has 1 aliphatic heterocycles. The molecule has 2 fully saturated rings. The molecule has 1 heterocycles. The van der Waals surface area contributed by atoms with Crippen molar-refractivity contribution in [3.8, 4) is 11.5 Å². The number of aliphatic hydroxyl groups is 1. The minimum Gasteiger partial charge on any atom is -0.504 e. The first-order valence-corrected chi connectivity index (χ1v) is 13.0. The van der Waals surface area contributed by atoms with Gasteiger partial charge in [0, 0.05) is 26.2 Å². The zero-order valence-electron chi connectivity index (χ0n) is 21.2. The number of phenolic OH excluding ortho intramolecular Hbond substituents is 1. The number of hydrogen-bond donors (Lipinski definition) is 2. The Bertz CT molecular complexity index is 1190. The fraction of sp³-hybridized carbons (Fsp3) is 0.367. The number of carbonyl (C=O) groups excluding carboxylic acids is 1. The largest absolute Gasteiger partial charge is 0.504 e. The Morgan fingerprint density at radius 3 is 2.22 bits per heavy atom. The van der Waals surface area contributed by atoms with Crippen LogP contribution < -0.4 is 4.74 Å². The van der Waals surface area contributed by atoms with Crippen molar-refractivity contribution in [3.05, 3.63) is 95.6 Å². The first-order chi connectivity index (χ1) is 18.0. The van der Waals surface area contributed by atoms with Crippen LogP contribution in [-0.2, 0) is 19.5 Å². The third-order valence-corrected chi connectivity index (χ3v) is 7.27. The quantitative estimate of drug-likeness (QED) is 0.454. The second-order valence-electron chi connectivity index (χ2n) is 10.1. The number of aromatic hydroxyl groups is 1. The van der Waals surface area contributed by atoms with Gasteiger partial charge >= 0.3 is 6.03 Å². The van der Waals surface area contributed by atoms with Crippen molar-refractivity contribution in [2.75, 3.05) is 20.2 Å². The number of amides is 2. The van der Waals surface area contributed by atoms with Crippen LogP contribution in [0, 0.1) is 5.92 Å². The number of ether oxygens (including phenoxy) is 1. The summed E-state index contributed by atoms with van der Waals surface area (Å²) in [5.41, 5.74) is 2.99. The van der Waals surface area contributed by atoms with Gasteiger partial charge in [0.05, 0.1) is 19.3 Å². The normalized spacial score (nSPS) is 20.6. The van der Waals surface area contributed by atoms with Crippen LogP contribution >= 0.6 is 0 Å². The van der Waals surface area contributed by atoms with Crippen molar-refractivity contribution < 1.29 is 19.7 Å². The second-order valence-corrected chi connectivity index (χ2v) is 10.1. The first-order valence-electron chi connectivity index (χ1n) is 13.0. The number of methoxy groups -OCH3 is 1. The summed E-state index contributed by atoms with van der Waals surface area (Å²) in [4.78, 5) is 16.1. The first kappa shape index (κ1) is 25.1. The Hall–Kier alpha value is -3.55. The van der Waals surface area contributed by atoms with Crippen LogP contribution in [0.3, 0.4) is 0 Å². The summed E-state index contributed by atoms with van der Waals surface area (Å²) < 4.78 is 5.31. The van der Waals surface area contributed by atoms with E-state index in [1.807, 2.05) is 58.5 Å². The minimum atomic E-state index is -0.754. The molecule has 2 atom stereocenters. The Morgan fingerprint density at radius 2 is 1.57 bits per heavy atom. The molecule has 2 N–H and O–H groups in total. The number of hydrogen-bond acceptors (Lipinski definition) is 5. The molecule has 0 bridgehead atoms. The lowest BCUT2D eigenvalue weighted by molar-refractivity contribution is -0.0184. The fourth-order valence-electron chi connectivity index (χ4n) is 5.04. The van der Waals surface area contributed by atoms with Gasteiger partial charge in [-0.3, -0.25) is 5.01 Å². The van der Waals surface area contributed by atoms with Gasteiger partial charge in [0.2, 0.25) is 0 Å². The number of carbonyl (C=O) groups is 1. The highest BCUT2D eigenvalue weighted by Crippen LogP contribution is 2.33. The molecule has 5 rings (SSSR count). The molecule has 3 aromatic carbocycles. The van der Waals surface area contributed by atoms with E-state index in [-0.39, 0.29) is 11.8 Å². The van der Waals surface area contributed by atoms with E-state index in [1.54, 1.807) is 23.1 Å². The summed E-state index contributed by atoms with van der Waals surface area (Å²) in [6, 6.07) is 24.7. The number of urea groups is 1. The summed E-state index contributed by atoms with van der Waals surface area (Å²) in [7, 11) is 1.51. The molecule has 7 nitrogen and oxygen atoms in total. The molecule has 0 aromatic heterocycles. The lowest BCUT2D eigenvalue weighted by Gasteiger charge is -2.36. The number of benzene rings is 3. The molecule has 3 aromatic rings. The summed E-state index contributed by atoms with van der Waals surface area (Å²) >= 11 is 0. The molecule has 0 radical (unpaired) electrons. The van der Waals surface area contributed by atoms with Crippen LogP contribution in [0.1, 0.15) is 29.5 Å². The summed E-state index contributed by atoms with van der Waals surface area (Å²) in [6.45, 7) is 1.85. The average molecular weight is 502 g/mol. The number of aliphatic hydroxyl groups excluding tert-OH is 1. The lowest BCUT2D eigenvalue weighted by atomic mass is 9.99. The molecule has 1 saturated carbocycles. The molecule has 2 amide bonds. The standard InChI is InChI=1S/C30H35N3O4/c1-37-29-17-25(14-15-27(29)34)19-32-26(16-22-8-4-2-5-9-22)28(35)21-31(18-23-10-6-3-7-11-23)33(30(32)36)20-24-12-13-24/h2-11,14-15,17,24,26,28,34-35H,12-13,16,18-21H2,1H3/t26-,28-/m1/s1. The maximum Gasteiger partial charge on any atom is 0.335 e. The molecule has 0 spiro atoms. The topological polar surface area (TPSA) is 76.5 Å². The van der Waals surface area contributed by atoms with Crippen LogP contribution in [0.5, 0.6) is 11.5 Å². The zero-order chi connectivity index (χ0) is 25.8. The SMILES string of the molecule is COc1cc(CN2C(=O)N(CC3CC3)N(Cc3ccccc3)C[C@@H](O)[C@H]2Cc2ccccc2)ccc1O. The van der Waals surface area contributed by atoms with Gasteiger partial charge in [-0.1, -0.05) is 66.7 Å². The number of rotatable bonds is 9. The molecule has 2 aliphatic rings. The van der Waals surface area contributed by atoms with Gasteiger partial charge in [0.1, 0.15) is 0 Å². The Labute approximate surface area is 218 Å². The highest BCUT2D eigenvalue weighted by atomic mass is 16.5. The Morgan fingerprint density at radius 1 is 0.892 bits per heavy atom. The molecular weight excluding hydrogens is 466 g/mol. The van der Waals surface area contributed by atoms with Crippen LogP contribution in [0.15, 0.2) is 78.9 Å². The predicted molar refractivity (Wildman–Crippen MR) is 142 cm³/mol. The van der Waals surface area contributed by atoms with Crippen LogP contribution in [-0.4, -0.2) is 63.5 Å². The van der Waals surface area contributed by atoms with Gasteiger partial charge in [-0.15, -0.1) is 0 Å². The molecule has 7 heteroatoms. The van der Waals surface area contributed by atoms with Crippen molar-refractivity contribution >= 4 is 6.03 Å². The van der Waals surface area contributed by atoms with E-state index in [0.29, 0.717) is 44.3 Å². The summed E-state index contributed by atoms with van der Waals surface area (Å²) in [5.74, 6) is 0.903. The second kappa shape index (κ2) is 11.2. The van der Waals surface area contributed by atoms with Crippen molar-refractivity contribution in [2.24, 2.45) is 5.92 Å². The van der Waals surface area contributed by atoms with E-state index in [4.69, 9.17) is 4.74 Å². The highest BCUT2D eigenvalue weighted by Gasteiger charge is 2.42. The summed E-state index contributed by atoms with van der Waals surface area (Å²) in [6.07, 6.45) is 2.03. The highest BCUT2D eigenvalue weighted by molar-refractivity contribution is 5.75. The minimum absolute atomic E-state index is 0.0544. The number of nitrogens with zero attached hydrogens (tertiary/aromatic N) is 3. The van der Waals surface area contributed by atoms with Crippen LogP contribution in [0.25, 0.3) is 0 Å². The van der Waals surface area contributed by atoms with Crippen LogP contribution in [0.4, 0.5) is 4.79 Å². The number of phenols is 1. The predicted octanol–water partition coefficient (Wildman–Crippen LogP) is 4.44. The van der Waals surface area contributed by atoms with E-state index >= 15 is 0 Å². The third kappa shape index (κ3) is 6.06. The van der Waals surface area contributed by atoms with Crippen LogP contribution in [0.2, 0.25) is 0 Å². The number of β-amino-alcohol motifs (C(OH)–C–C–N with tert-alkyl or cyclic N) is 1. The van der Waals surface area contributed by atoms with Gasteiger partial charge in [0.25, 0.3) is 0 Å². The van der Waals surface area contributed by atoms with E-state index in [2.05, 4.69) is 12.1 Å². The smallest absolute Gasteiger partial charge is 0.335 e. The van der Waals surface area contributed by atoms with E-state index in [0.717, 1.165) is 29.5 Å². The van der Waals surface area contributed by atoms with Gasteiger partial charge in [0.15, 0.2) is 11.5 Å². The van der Waals surface area contributed by atoms with Crippen molar-refractivity contribution in [1.82, 2.24) is 14.9 Å². The molecule has 1 aliphatic carbocycles. The van der Waals surface area contributed by atoms with Gasteiger partial charge in [-0.25, -0.2) is 9.80 Å². The van der Waals surface area contributed by atoms with Gasteiger partial charge in [-0.05, 0) is 54.0 Å². The fourth-order valence-corrected chi connectivity index (χ4v) is 5.04. The third-order valence-electron chi connectivity index (χ3n) is 7.27. The molecule has 0 unspecified atom stereocenters.